The summed E-state index contributed by atoms with van der Waals surface area (Å²) in [7, 11) is 0. The molecule has 126 valence electrons. The number of H-pyrrole nitrogens is 1. The van der Waals surface area contributed by atoms with E-state index in [2.05, 4.69) is 22.3 Å². The summed E-state index contributed by atoms with van der Waals surface area (Å²) in [6.45, 7) is 0.696. The molecule has 0 bridgehead atoms. The average molecular weight is 368 g/mol. The highest BCUT2D eigenvalue weighted by atomic mass is 32.1. The Hall–Kier alpha value is -2.25. The lowest BCUT2D eigenvalue weighted by atomic mass is 10.2. The van der Waals surface area contributed by atoms with Gasteiger partial charge in [0.2, 0.25) is 10.5 Å². The highest BCUT2D eigenvalue weighted by Crippen LogP contribution is 2.34. The molecule has 1 N–H and O–H groups in total. The number of fused-ring (bicyclic) bond motifs is 3. The Kier molecular flexibility index (Phi) is 3.39. The number of aryl methyl sites for hydroxylation is 1. The smallest absolute Gasteiger partial charge is 0.272 e. The third-order valence-corrected chi connectivity index (χ3v) is 6.24. The van der Waals surface area contributed by atoms with Crippen LogP contribution in [0.1, 0.15) is 19.3 Å². The number of hydrogen-bond donors (Lipinski definition) is 1. The molecule has 0 spiro atoms. The molecule has 25 heavy (non-hydrogen) atoms. The van der Waals surface area contributed by atoms with Crippen LogP contribution in [-0.4, -0.2) is 19.2 Å². The van der Waals surface area contributed by atoms with Crippen LogP contribution in [-0.2, 0) is 6.54 Å². The van der Waals surface area contributed by atoms with Crippen molar-refractivity contribution in [3.05, 3.63) is 51.5 Å². The van der Waals surface area contributed by atoms with E-state index in [1.54, 1.807) is 4.57 Å². The van der Waals surface area contributed by atoms with Crippen molar-refractivity contribution in [3.8, 4) is 10.4 Å². The van der Waals surface area contributed by atoms with Crippen LogP contribution in [0.15, 0.2) is 41.2 Å². The number of rotatable bonds is 4. The molecule has 0 unspecified atom stereocenters. The normalized spacial score (nSPS) is 14.6. The minimum Gasteiger partial charge on any atom is -0.276 e. The third kappa shape index (κ3) is 2.46. The number of thiophene rings is 1. The van der Waals surface area contributed by atoms with Crippen molar-refractivity contribution in [1.29, 1.82) is 0 Å². The largest absolute Gasteiger partial charge is 0.276 e. The maximum Gasteiger partial charge on any atom is 0.272 e. The number of aromatic amines is 1. The fraction of sp³-hybridized carbons (Fsp3) is 0.278. The second kappa shape index (κ2) is 5.64. The Morgan fingerprint density at radius 3 is 2.84 bits per heavy atom. The fourth-order valence-corrected chi connectivity index (χ4v) is 4.59. The van der Waals surface area contributed by atoms with E-state index < -0.39 is 0 Å². The maximum absolute atomic E-state index is 13.1. The van der Waals surface area contributed by atoms with Crippen LogP contribution in [0, 0.1) is 10.7 Å². The summed E-state index contributed by atoms with van der Waals surface area (Å²) in [4.78, 5) is 14.2. The van der Waals surface area contributed by atoms with Gasteiger partial charge in [-0.15, -0.1) is 16.4 Å². The van der Waals surface area contributed by atoms with Crippen LogP contribution in [0.25, 0.3) is 26.4 Å². The number of benzene rings is 1. The maximum atomic E-state index is 13.1. The number of aromatic nitrogens is 4. The van der Waals surface area contributed by atoms with E-state index in [0.29, 0.717) is 17.1 Å². The number of nitrogens with one attached hydrogen (secondary N) is 1. The first-order valence-electron chi connectivity index (χ1n) is 8.41. The van der Waals surface area contributed by atoms with Gasteiger partial charge in [0.25, 0.3) is 5.56 Å². The van der Waals surface area contributed by atoms with Crippen molar-refractivity contribution < 1.29 is 0 Å². The van der Waals surface area contributed by atoms with Gasteiger partial charge >= 0.3 is 0 Å². The van der Waals surface area contributed by atoms with Crippen molar-refractivity contribution in [2.75, 3.05) is 0 Å². The lowest BCUT2D eigenvalue weighted by Crippen LogP contribution is -2.22. The Balaban J connectivity index is 1.78. The van der Waals surface area contributed by atoms with Gasteiger partial charge in [0.05, 0.1) is 5.52 Å². The molecule has 4 aromatic rings. The van der Waals surface area contributed by atoms with Gasteiger partial charge in [0.15, 0.2) is 0 Å². The van der Waals surface area contributed by atoms with Gasteiger partial charge in [-0.2, -0.15) is 0 Å². The van der Waals surface area contributed by atoms with Gasteiger partial charge in [-0.1, -0.05) is 43.2 Å². The monoisotopic (exact) mass is 368 g/mol. The van der Waals surface area contributed by atoms with Gasteiger partial charge in [-0.25, -0.2) is 5.10 Å². The van der Waals surface area contributed by atoms with Gasteiger partial charge in [0.1, 0.15) is 4.70 Å². The molecule has 5 nitrogen and oxygen atoms in total. The van der Waals surface area contributed by atoms with Crippen LogP contribution in [0.4, 0.5) is 0 Å². The second-order valence-corrected chi connectivity index (χ2v) is 7.98. The van der Waals surface area contributed by atoms with Crippen molar-refractivity contribution in [1.82, 2.24) is 19.2 Å². The van der Waals surface area contributed by atoms with E-state index in [4.69, 9.17) is 12.2 Å². The summed E-state index contributed by atoms with van der Waals surface area (Å²) >= 11 is 6.95. The summed E-state index contributed by atoms with van der Waals surface area (Å²) in [5.41, 5.74) is 1.98. The number of hydrogen-bond acceptors (Lipinski definition) is 4. The molecular formula is C18H16N4OS2. The van der Waals surface area contributed by atoms with Crippen LogP contribution in [0.3, 0.4) is 0 Å². The van der Waals surface area contributed by atoms with Crippen LogP contribution >= 0.6 is 23.6 Å². The molecule has 0 atom stereocenters. The second-order valence-electron chi connectivity index (χ2n) is 6.54. The predicted octanol–water partition coefficient (Wildman–Crippen LogP) is 4.24. The molecule has 0 saturated heterocycles. The molecule has 1 aliphatic rings. The number of nitrogens with zero attached hydrogens (tertiary/aromatic N) is 3. The first-order valence-corrected chi connectivity index (χ1v) is 9.64. The highest BCUT2D eigenvalue weighted by molar-refractivity contribution is 7.71. The SMILES string of the molecule is O=c1c2sc(-c3ccccc3)cc2n2c(=S)[nH]nc2n1CCC1CC1. The Morgan fingerprint density at radius 1 is 1.28 bits per heavy atom. The van der Waals surface area contributed by atoms with Gasteiger partial charge in [0, 0.05) is 11.4 Å². The van der Waals surface area contributed by atoms with Crippen LogP contribution in [0.5, 0.6) is 0 Å². The molecule has 5 rings (SSSR count). The van der Waals surface area contributed by atoms with E-state index in [0.717, 1.165) is 33.0 Å². The minimum atomic E-state index is 0.0318. The third-order valence-electron chi connectivity index (χ3n) is 4.81. The zero-order valence-corrected chi connectivity index (χ0v) is 15.1. The first-order chi connectivity index (χ1) is 12.2. The molecule has 3 heterocycles. The Labute approximate surface area is 152 Å². The molecular weight excluding hydrogens is 352 g/mol. The molecule has 1 fully saturated rings. The first kappa shape index (κ1) is 15.0. The molecule has 3 aromatic heterocycles. The summed E-state index contributed by atoms with van der Waals surface area (Å²) in [6, 6.07) is 12.2. The summed E-state index contributed by atoms with van der Waals surface area (Å²) < 4.78 is 4.93. The van der Waals surface area contributed by atoms with Gasteiger partial charge in [-0.05, 0) is 36.2 Å². The summed E-state index contributed by atoms with van der Waals surface area (Å²) in [5.74, 6) is 1.37. The predicted molar refractivity (Wildman–Crippen MR) is 103 cm³/mol. The fourth-order valence-electron chi connectivity index (χ4n) is 3.27. The molecule has 1 aromatic carbocycles. The van der Waals surface area contributed by atoms with Gasteiger partial charge in [-0.3, -0.25) is 13.8 Å². The zero-order chi connectivity index (χ0) is 17.0. The molecule has 0 radical (unpaired) electrons. The van der Waals surface area contributed by atoms with Crippen LogP contribution in [0.2, 0.25) is 0 Å². The van der Waals surface area contributed by atoms with Gasteiger partial charge < -0.3 is 0 Å². The summed E-state index contributed by atoms with van der Waals surface area (Å²) in [5, 5.41) is 7.17. The quantitative estimate of drug-likeness (QED) is 0.548. The van der Waals surface area contributed by atoms with Crippen molar-refractivity contribution >= 4 is 39.5 Å². The molecule has 0 amide bonds. The van der Waals surface area contributed by atoms with E-state index in [-0.39, 0.29) is 5.56 Å². The molecule has 1 saturated carbocycles. The van der Waals surface area contributed by atoms with Crippen molar-refractivity contribution in [3.63, 3.8) is 0 Å². The van der Waals surface area contributed by atoms with Crippen LogP contribution < -0.4 is 5.56 Å². The highest BCUT2D eigenvalue weighted by Gasteiger charge is 2.23. The minimum absolute atomic E-state index is 0.0318. The van der Waals surface area contributed by atoms with E-state index in [1.165, 1.54) is 24.2 Å². The van der Waals surface area contributed by atoms with Crippen molar-refractivity contribution in [2.45, 2.75) is 25.8 Å². The Morgan fingerprint density at radius 2 is 2.08 bits per heavy atom. The standard InChI is InChI=1S/C18H16N4OS2/c23-16-15-13(10-14(25-15)12-4-2-1-3-5-12)22-17(19-20-18(22)24)21(16)9-8-11-6-7-11/h1-5,10-11H,6-9H2,(H,20,24). The zero-order valence-electron chi connectivity index (χ0n) is 13.4. The van der Waals surface area contributed by atoms with Crippen molar-refractivity contribution in [2.24, 2.45) is 5.92 Å². The topological polar surface area (TPSA) is 55.1 Å². The molecule has 0 aliphatic heterocycles. The molecule has 7 heteroatoms. The van der Waals surface area contributed by atoms with E-state index in [1.807, 2.05) is 28.7 Å². The molecule has 1 aliphatic carbocycles. The van der Waals surface area contributed by atoms with E-state index in [9.17, 15) is 4.79 Å². The summed E-state index contributed by atoms with van der Waals surface area (Å²) in [6.07, 6.45) is 3.58. The average Bonchev–Trinajstić information content (AvgIpc) is 3.22. The Bertz CT molecular complexity index is 1190. The van der Waals surface area contributed by atoms with E-state index >= 15 is 0 Å². The lowest BCUT2D eigenvalue weighted by Gasteiger charge is -2.07. The lowest BCUT2D eigenvalue weighted by molar-refractivity contribution is 0.589.